The molecule has 9 heteroatoms. The normalized spacial score (nSPS) is 12.7. The number of nitrogens with zero attached hydrogens (tertiary/aromatic N) is 2. The van der Waals surface area contributed by atoms with E-state index in [4.69, 9.17) is 0 Å². The number of carbonyl (C=O) groups excluding carboxylic acids is 1. The van der Waals surface area contributed by atoms with Gasteiger partial charge in [0.2, 0.25) is 0 Å². The van der Waals surface area contributed by atoms with Gasteiger partial charge in [-0.2, -0.15) is 0 Å². The van der Waals surface area contributed by atoms with Gasteiger partial charge in [0.15, 0.2) is 0 Å². The first-order chi connectivity index (χ1) is 14.2. The van der Waals surface area contributed by atoms with Crippen LogP contribution in [0.25, 0.3) is 0 Å². The number of carbonyl (C=O) groups is 1. The number of Topliss-reactive ketones (excluding diaryl/α,β-unsaturated/α-hetero) is 1. The Kier molecular flexibility index (Phi) is 7.46. The zero-order valence-electron chi connectivity index (χ0n) is 17.5. The molecule has 2 N–H and O–H groups in total. The van der Waals surface area contributed by atoms with E-state index in [0.29, 0.717) is 35.6 Å². The van der Waals surface area contributed by atoms with Crippen molar-refractivity contribution in [1.82, 2.24) is 0 Å². The van der Waals surface area contributed by atoms with Gasteiger partial charge in [0.05, 0.1) is 9.85 Å². The van der Waals surface area contributed by atoms with Crippen molar-refractivity contribution in [2.75, 3.05) is 23.7 Å². The molecule has 0 amide bonds. The maximum absolute atomic E-state index is 13.1. The molecule has 0 saturated heterocycles. The summed E-state index contributed by atoms with van der Waals surface area (Å²) in [5, 5.41) is 28.4. The third kappa shape index (κ3) is 4.91. The SMILES string of the molecule is CCNc1cc(C(C)C(=O)C(C)c2ccc([N+](=O)[O-])c(NCC)c2)ccc1[N+](=O)[O-]. The van der Waals surface area contributed by atoms with Gasteiger partial charge in [-0.3, -0.25) is 25.0 Å². The molecule has 2 unspecified atom stereocenters. The Bertz CT molecular complexity index is 885. The summed E-state index contributed by atoms with van der Waals surface area (Å²) in [5.41, 5.74) is 2.00. The highest BCUT2D eigenvalue weighted by Gasteiger charge is 2.26. The number of nitro groups is 2. The van der Waals surface area contributed by atoms with Crippen LogP contribution in [0, 0.1) is 20.2 Å². The molecule has 30 heavy (non-hydrogen) atoms. The first-order valence-corrected chi connectivity index (χ1v) is 9.79. The molecule has 0 radical (unpaired) electrons. The second-order valence-corrected chi connectivity index (χ2v) is 6.97. The Morgan fingerprint density at radius 3 is 1.50 bits per heavy atom. The molecule has 2 rings (SSSR count). The zero-order valence-corrected chi connectivity index (χ0v) is 17.5. The van der Waals surface area contributed by atoms with Crippen molar-refractivity contribution in [3.8, 4) is 0 Å². The van der Waals surface area contributed by atoms with Crippen molar-refractivity contribution in [2.45, 2.75) is 39.5 Å². The van der Waals surface area contributed by atoms with Gasteiger partial charge in [0.1, 0.15) is 17.2 Å². The number of anilines is 2. The van der Waals surface area contributed by atoms with E-state index in [1.165, 1.54) is 12.1 Å². The fourth-order valence-electron chi connectivity index (χ4n) is 3.33. The molecule has 0 aliphatic rings. The number of nitro benzene ring substituents is 2. The third-order valence-electron chi connectivity index (χ3n) is 5.02. The van der Waals surface area contributed by atoms with E-state index >= 15 is 0 Å². The molecule has 0 saturated carbocycles. The third-order valence-corrected chi connectivity index (χ3v) is 5.02. The van der Waals surface area contributed by atoms with Crippen LogP contribution in [-0.2, 0) is 4.79 Å². The van der Waals surface area contributed by atoms with Gasteiger partial charge < -0.3 is 10.6 Å². The lowest BCUT2D eigenvalue weighted by Gasteiger charge is -2.19. The van der Waals surface area contributed by atoms with E-state index in [2.05, 4.69) is 10.6 Å². The Hall–Kier alpha value is -3.49. The first kappa shape index (κ1) is 22.8. The summed E-state index contributed by atoms with van der Waals surface area (Å²) in [5.74, 6) is -1.09. The van der Waals surface area contributed by atoms with Crippen LogP contribution in [0.5, 0.6) is 0 Å². The summed E-state index contributed by atoms with van der Waals surface area (Å²) in [6, 6.07) is 9.25. The molecule has 0 aliphatic heterocycles. The van der Waals surface area contributed by atoms with Gasteiger partial charge in [0, 0.05) is 37.1 Å². The Balaban J connectivity index is 2.33. The fraction of sp³-hybridized carbons (Fsp3) is 0.381. The molecule has 0 spiro atoms. The van der Waals surface area contributed by atoms with Gasteiger partial charge in [0.25, 0.3) is 11.4 Å². The van der Waals surface area contributed by atoms with Gasteiger partial charge in [-0.15, -0.1) is 0 Å². The maximum Gasteiger partial charge on any atom is 0.292 e. The smallest absolute Gasteiger partial charge is 0.292 e. The molecule has 0 heterocycles. The van der Waals surface area contributed by atoms with Crippen LogP contribution in [0.4, 0.5) is 22.7 Å². The highest BCUT2D eigenvalue weighted by Crippen LogP contribution is 2.34. The number of hydrogen-bond donors (Lipinski definition) is 2. The summed E-state index contributed by atoms with van der Waals surface area (Å²) < 4.78 is 0. The van der Waals surface area contributed by atoms with Crippen molar-refractivity contribution in [2.24, 2.45) is 0 Å². The number of hydrogen-bond acceptors (Lipinski definition) is 7. The quantitative estimate of drug-likeness (QED) is 0.420. The predicted molar refractivity (Wildman–Crippen MR) is 116 cm³/mol. The zero-order chi connectivity index (χ0) is 22.4. The Morgan fingerprint density at radius 1 is 0.833 bits per heavy atom. The highest BCUT2D eigenvalue weighted by atomic mass is 16.6. The Labute approximate surface area is 174 Å². The number of benzene rings is 2. The monoisotopic (exact) mass is 414 g/mol. The minimum absolute atomic E-state index is 0.0426. The minimum atomic E-state index is -0.504. The maximum atomic E-state index is 13.1. The minimum Gasteiger partial charge on any atom is -0.380 e. The Morgan fingerprint density at radius 2 is 1.20 bits per heavy atom. The molecule has 160 valence electrons. The van der Waals surface area contributed by atoms with Crippen LogP contribution in [0.15, 0.2) is 36.4 Å². The summed E-state index contributed by atoms with van der Waals surface area (Å²) in [6.45, 7) is 8.21. The van der Waals surface area contributed by atoms with Crippen molar-refractivity contribution >= 4 is 28.5 Å². The molecule has 2 aromatic carbocycles. The van der Waals surface area contributed by atoms with Crippen molar-refractivity contribution in [3.63, 3.8) is 0 Å². The molecule has 2 aromatic rings. The van der Waals surface area contributed by atoms with Crippen molar-refractivity contribution in [3.05, 3.63) is 67.8 Å². The standard InChI is InChI=1S/C21H26N4O5/c1-5-22-17-11-15(7-9-19(17)24(27)28)13(3)21(26)14(4)16-8-10-20(25(29)30)18(12-16)23-6-2/h7-14,22-23H,5-6H2,1-4H3. The molecule has 0 aromatic heterocycles. The average Bonchev–Trinajstić information content (AvgIpc) is 2.72. The highest BCUT2D eigenvalue weighted by molar-refractivity contribution is 5.92. The fourth-order valence-corrected chi connectivity index (χ4v) is 3.33. The van der Waals surface area contributed by atoms with Crippen LogP contribution < -0.4 is 10.6 Å². The van der Waals surface area contributed by atoms with E-state index in [0.717, 1.165) is 0 Å². The van der Waals surface area contributed by atoms with Crippen molar-refractivity contribution in [1.29, 1.82) is 0 Å². The second-order valence-electron chi connectivity index (χ2n) is 6.97. The molecular weight excluding hydrogens is 388 g/mol. The van der Waals surface area contributed by atoms with E-state index in [1.54, 1.807) is 38.1 Å². The van der Waals surface area contributed by atoms with Crippen LogP contribution >= 0.6 is 0 Å². The average molecular weight is 414 g/mol. The van der Waals surface area contributed by atoms with E-state index < -0.39 is 21.7 Å². The topological polar surface area (TPSA) is 127 Å². The summed E-state index contributed by atoms with van der Waals surface area (Å²) in [6.07, 6.45) is 0. The van der Waals surface area contributed by atoms with Gasteiger partial charge in [-0.1, -0.05) is 26.0 Å². The summed E-state index contributed by atoms with van der Waals surface area (Å²) in [7, 11) is 0. The second kappa shape index (κ2) is 9.82. The van der Waals surface area contributed by atoms with Crippen LogP contribution in [0.1, 0.15) is 50.7 Å². The molecular formula is C21H26N4O5. The molecule has 9 nitrogen and oxygen atoms in total. The number of nitrogens with one attached hydrogen (secondary N) is 2. The summed E-state index contributed by atoms with van der Waals surface area (Å²) in [4.78, 5) is 34.6. The number of rotatable bonds is 10. The lowest BCUT2D eigenvalue weighted by molar-refractivity contribution is -0.384. The van der Waals surface area contributed by atoms with Gasteiger partial charge in [-0.05, 0) is 37.1 Å². The van der Waals surface area contributed by atoms with Crippen LogP contribution in [0.3, 0.4) is 0 Å². The van der Waals surface area contributed by atoms with Crippen LogP contribution in [-0.4, -0.2) is 28.7 Å². The molecule has 0 fully saturated rings. The first-order valence-electron chi connectivity index (χ1n) is 9.79. The van der Waals surface area contributed by atoms with Gasteiger partial charge >= 0.3 is 0 Å². The predicted octanol–water partition coefficient (Wildman–Crippen LogP) is 4.84. The molecule has 0 aliphatic carbocycles. The lowest BCUT2D eigenvalue weighted by atomic mass is 9.85. The number of ketones is 1. The molecule has 2 atom stereocenters. The largest absolute Gasteiger partial charge is 0.380 e. The van der Waals surface area contributed by atoms with Gasteiger partial charge in [-0.25, -0.2) is 0 Å². The van der Waals surface area contributed by atoms with E-state index in [1.807, 2.05) is 13.8 Å². The van der Waals surface area contributed by atoms with Crippen molar-refractivity contribution < 1.29 is 14.6 Å². The molecule has 0 bridgehead atoms. The lowest BCUT2D eigenvalue weighted by Crippen LogP contribution is -2.17. The van der Waals surface area contributed by atoms with Crippen LogP contribution in [0.2, 0.25) is 0 Å². The van der Waals surface area contributed by atoms with E-state index in [9.17, 15) is 25.0 Å². The summed E-state index contributed by atoms with van der Waals surface area (Å²) >= 11 is 0. The van der Waals surface area contributed by atoms with E-state index in [-0.39, 0.29) is 17.2 Å².